The summed E-state index contributed by atoms with van der Waals surface area (Å²) in [6.07, 6.45) is -1.86. The molecule has 1 unspecified atom stereocenters. The van der Waals surface area contributed by atoms with Crippen LogP contribution in [0.5, 0.6) is 5.75 Å². The van der Waals surface area contributed by atoms with Crippen LogP contribution in [0.2, 0.25) is 0 Å². The van der Waals surface area contributed by atoms with Crippen LogP contribution in [0.15, 0.2) is 36.5 Å². The molecular formula is C22H26F3N3O2. The Morgan fingerprint density at radius 2 is 2.07 bits per heavy atom. The minimum Gasteiger partial charge on any atom is -0.491 e. The van der Waals surface area contributed by atoms with Gasteiger partial charge in [-0.3, -0.25) is 4.79 Å². The molecule has 1 fully saturated rings. The molecule has 0 bridgehead atoms. The highest BCUT2D eigenvalue weighted by molar-refractivity contribution is 5.93. The lowest BCUT2D eigenvalue weighted by atomic mass is 9.96. The zero-order chi connectivity index (χ0) is 21.9. The van der Waals surface area contributed by atoms with Crippen molar-refractivity contribution in [1.82, 2.24) is 4.98 Å². The van der Waals surface area contributed by atoms with Gasteiger partial charge in [-0.1, -0.05) is 0 Å². The average Bonchev–Trinajstić information content (AvgIpc) is 2.69. The maximum Gasteiger partial charge on any atom is 0.419 e. The van der Waals surface area contributed by atoms with E-state index in [9.17, 15) is 18.0 Å². The summed E-state index contributed by atoms with van der Waals surface area (Å²) in [4.78, 5) is 18.3. The molecule has 0 aliphatic carbocycles. The van der Waals surface area contributed by atoms with Crippen LogP contribution < -0.4 is 15.0 Å². The van der Waals surface area contributed by atoms with Crippen molar-refractivity contribution < 1.29 is 22.7 Å². The molecule has 0 radical (unpaired) electrons. The molecular weight excluding hydrogens is 395 g/mol. The summed E-state index contributed by atoms with van der Waals surface area (Å²) >= 11 is 0. The van der Waals surface area contributed by atoms with Crippen molar-refractivity contribution in [3.8, 4) is 5.75 Å². The molecule has 162 valence electrons. The number of benzene rings is 1. The summed E-state index contributed by atoms with van der Waals surface area (Å²) in [6.45, 7) is 6.38. The lowest BCUT2D eigenvalue weighted by Crippen LogP contribution is -2.42. The number of carbonyl (C=O) groups excluding carboxylic acids is 1. The number of alkyl halides is 3. The predicted molar refractivity (Wildman–Crippen MR) is 110 cm³/mol. The van der Waals surface area contributed by atoms with Crippen LogP contribution in [0.3, 0.4) is 0 Å². The smallest absolute Gasteiger partial charge is 0.419 e. The van der Waals surface area contributed by atoms with E-state index in [1.165, 1.54) is 12.3 Å². The lowest BCUT2D eigenvalue weighted by Gasteiger charge is -2.34. The van der Waals surface area contributed by atoms with Gasteiger partial charge in [0.15, 0.2) is 0 Å². The first-order valence-corrected chi connectivity index (χ1v) is 10.0. The number of aryl methyl sites for hydroxylation is 1. The standard InChI is InChI=1S/C22H26F3N3O2/c1-14(2)30-17-8-9-19(15(3)12-17)27-21(29)16-6-5-11-28(13-16)20-18(22(23,24)25)7-4-10-26-20/h4,7-10,12,14,16H,5-6,11,13H2,1-3H3,(H,27,29). The predicted octanol–water partition coefficient (Wildman–Crippen LogP) is 5.05. The van der Waals surface area contributed by atoms with Gasteiger partial charge in [0.2, 0.25) is 5.91 Å². The number of rotatable bonds is 5. The Kier molecular flexibility index (Phi) is 6.53. The fraction of sp³-hybridized carbons (Fsp3) is 0.455. The molecule has 2 heterocycles. The maximum atomic E-state index is 13.3. The summed E-state index contributed by atoms with van der Waals surface area (Å²) in [6, 6.07) is 7.73. The molecule has 0 saturated carbocycles. The molecule has 1 aliphatic heterocycles. The molecule has 1 aliphatic rings. The van der Waals surface area contributed by atoms with Crippen molar-refractivity contribution in [2.24, 2.45) is 5.92 Å². The van der Waals surface area contributed by atoms with Crippen molar-refractivity contribution in [2.45, 2.75) is 45.9 Å². The second-order valence-corrected chi connectivity index (χ2v) is 7.79. The Hall–Kier alpha value is -2.77. The Morgan fingerprint density at radius 1 is 1.30 bits per heavy atom. The molecule has 30 heavy (non-hydrogen) atoms. The van der Waals surface area contributed by atoms with E-state index < -0.39 is 17.7 Å². The highest BCUT2D eigenvalue weighted by Crippen LogP contribution is 2.36. The number of carbonyl (C=O) groups is 1. The van der Waals surface area contributed by atoms with Gasteiger partial charge in [-0.25, -0.2) is 4.98 Å². The van der Waals surface area contributed by atoms with Gasteiger partial charge in [-0.15, -0.1) is 0 Å². The molecule has 1 saturated heterocycles. The van der Waals surface area contributed by atoms with Gasteiger partial charge in [0.05, 0.1) is 17.6 Å². The van der Waals surface area contributed by atoms with Gasteiger partial charge in [0.25, 0.3) is 0 Å². The number of anilines is 2. The molecule has 1 N–H and O–H groups in total. The average molecular weight is 421 g/mol. The lowest BCUT2D eigenvalue weighted by molar-refractivity contribution is -0.137. The third kappa shape index (κ3) is 5.23. The van der Waals surface area contributed by atoms with E-state index in [-0.39, 0.29) is 24.4 Å². The van der Waals surface area contributed by atoms with Crippen LogP contribution in [0.1, 0.15) is 37.8 Å². The zero-order valence-electron chi connectivity index (χ0n) is 17.3. The number of nitrogens with one attached hydrogen (secondary N) is 1. The quantitative estimate of drug-likeness (QED) is 0.734. The second-order valence-electron chi connectivity index (χ2n) is 7.79. The summed E-state index contributed by atoms with van der Waals surface area (Å²) < 4.78 is 45.7. The van der Waals surface area contributed by atoms with Crippen molar-refractivity contribution in [3.05, 3.63) is 47.7 Å². The number of piperidine rings is 1. The van der Waals surface area contributed by atoms with Crippen molar-refractivity contribution in [1.29, 1.82) is 0 Å². The van der Waals surface area contributed by atoms with Crippen molar-refractivity contribution >= 4 is 17.4 Å². The molecule has 1 atom stereocenters. The first-order valence-electron chi connectivity index (χ1n) is 10.0. The SMILES string of the molecule is Cc1cc(OC(C)C)ccc1NC(=O)C1CCCN(c2ncccc2C(F)(F)F)C1. The first kappa shape index (κ1) is 21.9. The summed E-state index contributed by atoms with van der Waals surface area (Å²) in [5, 5.41) is 2.91. The Labute approximate surface area is 174 Å². The van der Waals surface area contributed by atoms with E-state index >= 15 is 0 Å². The van der Waals surface area contributed by atoms with Gasteiger partial charge in [-0.05, 0) is 69.5 Å². The molecule has 1 amide bonds. The van der Waals surface area contributed by atoms with Crippen molar-refractivity contribution in [3.63, 3.8) is 0 Å². The molecule has 2 aromatic rings. The van der Waals surface area contributed by atoms with Crippen LogP contribution in [0.25, 0.3) is 0 Å². The largest absolute Gasteiger partial charge is 0.491 e. The maximum absolute atomic E-state index is 13.3. The van der Waals surface area contributed by atoms with Gasteiger partial charge >= 0.3 is 6.18 Å². The minimum atomic E-state index is -4.49. The van der Waals surface area contributed by atoms with E-state index in [4.69, 9.17) is 4.74 Å². The number of hydrogen-bond acceptors (Lipinski definition) is 4. The monoisotopic (exact) mass is 421 g/mol. The molecule has 0 spiro atoms. The molecule has 1 aromatic heterocycles. The van der Waals surface area contributed by atoms with E-state index in [0.717, 1.165) is 17.4 Å². The highest BCUT2D eigenvalue weighted by atomic mass is 19.4. The Balaban J connectivity index is 1.71. The van der Waals surface area contributed by atoms with Gasteiger partial charge in [-0.2, -0.15) is 13.2 Å². The topological polar surface area (TPSA) is 54.5 Å². The third-order valence-corrected chi connectivity index (χ3v) is 5.01. The number of pyridine rings is 1. The molecule has 3 rings (SSSR count). The second kappa shape index (κ2) is 8.93. The number of halogens is 3. The van der Waals surface area contributed by atoms with Crippen LogP contribution in [-0.2, 0) is 11.0 Å². The van der Waals surface area contributed by atoms with E-state index in [1.54, 1.807) is 17.0 Å². The van der Waals surface area contributed by atoms with Crippen molar-refractivity contribution in [2.75, 3.05) is 23.3 Å². The number of ether oxygens (including phenoxy) is 1. The summed E-state index contributed by atoms with van der Waals surface area (Å²) in [7, 11) is 0. The van der Waals surface area contributed by atoms with Crippen LogP contribution in [-0.4, -0.2) is 30.1 Å². The molecule has 8 heteroatoms. The molecule has 1 aromatic carbocycles. The van der Waals surface area contributed by atoms with E-state index in [0.29, 0.717) is 25.1 Å². The molecule has 5 nitrogen and oxygen atoms in total. The highest BCUT2D eigenvalue weighted by Gasteiger charge is 2.37. The number of aromatic nitrogens is 1. The summed E-state index contributed by atoms with van der Waals surface area (Å²) in [5.41, 5.74) is 0.753. The van der Waals surface area contributed by atoms with Gasteiger partial charge in [0.1, 0.15) is 11.6 Å². The first-order chi connectivity index (χ1) is 14.1. The zero-order valence-corrected chi connectivity index (χ0v) is 17.3. The number of hydrogen-bond donors (Lipinski definition) is 1. The normalized spacial score (nSPS) is 17.2. The van der Waals surface area contributed by atoms with Crippen LogP contribution in [0, 0.1) is 12.8 Å². The van der Waals surface area contributed by atoms with Crippen LogP contribution >= 0.6 is 0 Å². The van der Waals surface area contributed by atoms with Gasteiger partial charge in [0, 0.05) is 25.0 Å². The Bertz CT molecular complexity index is 899. The summed E-state index contributed by atoms with van der Waals surface area (Å²) in [5.74, 6) is -0.0225. The van der Waals surface area contributed by atoms with Crippen LogP contribution in [0.4, 0.5) is 24.7 Å². The number of nitrogens with zero attached hydrogens (tertiary/aromatic N) is 2. The van der Waals surface area contributed by atoms with E-state index in [1.807, 2.05) is 26.8 Å². The fourth-order valence-electron chi connectivity index (χ4n) is 3.61. The van der Waals surface area contributed by atoms with E-state index in [2.05, 4.69) is 10.3 Å². The Morgan fingerprint density at radius 3 is 2.73 bits per heavy atom. The van der Waals surface area contributed by atoms with Gasteiger partial charge < -0.3 is 15.0 Å². The third-order valence-electron chi connectivity index (χ3n) is 5.01. The number of amides is 1. The minimum absolute atomic E-state index is 0.0475. The fourth-order valence-corrected chi connectivity index (χ4v) is 3.61.